The largest absolute Gasteiger partial charge is 0.368 e. The molecule has 2 N–H and O–H groups in total. The molecule has 1 unspecified atom stereocenters. The third-order valence-corrected chi connectivity index (χ3v) is 2.17. The fourth-order valence-corrected chi connectivity index (χ4v) is 1.48. The summed E-state index contributed by atoms with van der Waals surface area (Å²) in [6.07, 6.45) is 4.76. The van der Waals surface area contributed by atoms with Crippen LogP contribution in [0.3, 0.4) is 0 Å². The van der Waals surface area contributed by atoms with Gasteiger partial charge in [0, 0.05) is 12.2 Å². The topological polar surface area (TPSA) is 50.1 Å². The average molecular weight is 179 g/mol. The van der Waals surface area contributed by atoms with Crippen LogP contribution >= 0.6 is 0 Å². The zero-order valence-corrected chi connectivity index (χ0v) is 7.73. The lowest BCUT2D eigenvalue weighted by atomic mass is 10.2. The van der Waals surface area contributed by atoms with Crippen molar-refractivity contribution in [3.05, 3.63) is 23.9 Å². The summed E-state index contributed by atoms with van der Waals surface area (Å²) in [5.41, 5.74) is 1.69. The first-order valence-electron chi connectivity index (χ1n) is 4.37. The number of rotatable bonds is 1. The molecule has 4 heteroatoms. The van der Waals surface area contributed by atoms with Crippen molar-refractivity contribution < 1.29 is 5.11 Å². The number of aromatic nitrogens is 2. The van der Waals surface area contributed by atoms with Gasteiger partial charge < -0.3 is 15.0 Å². The molecule has 0 saturated heterocycles. The van der Waals surface area contributed by atoms with Crippen LogP contribution in [0, 0.1) is 0 Å². The zero-order valence-electron chi connectivity index (χ0n) is 7.73. The van der Waals surface area contributed by atoms with Crippen LogP contribution in [0.25, 0.3) is 6.08 Å². The molecule has 1 aromatic rings. The second-order valence-electron chi connectivity index (χ2n) is 3.42. The van der Waals surface area contributed by atoms with E-state index < -0.39 is 6.23 Å². The van der Waals surface area contributed by atoms with Gasteiger partial charge in [-0.15, -0.1) is 0 Å². The molecule has 13 heavy (non-hydrogen) atoms. The van der Waals surface area contributed by atoms with E-state index in [1.165, 1.54) is 0 Å². The maximum Gasteiger partial charge on any atom is 0.169 e. The smallest absolute Gasteiger partial charge is 0.169 e. The van der Waals surface area contributed by atoms with Gasteiger partial charge in [-0.05, 0) is 19.9 Å². The quantitative estimate of drug-likeness (QED) is 0.677. The Balaban J connectivity index is 2.49. The predicted octanol–water partition coefficient (Wildman–Crippen LogP) is 1.03. The van der Waals surface area contributed by atoms with E-state index in [0.717, 1.165) is 5.69 Å². The first-order chi connectivity index (χ1) is 6.20. The maximum atomic E-state index is 9.52. The monoisotopic (exact) mass is 179 g/mol. The molecule has 0 amide bonds. The molecule has 1 atom stereocenters. The molecule has 2 rings (SSSR count). The van der Waals surface area contributed by atoms with E-state index in [2.05, 4.69) is 24.1 Å². The van der Waals surface area contributed by atoms with Gasteiger partial charge >= 0.3 is 0 Å². The van der Waals surface area contributed by atoms with E-state index >= 15 is 0 Å². The minimum absolute atomic E-state index is 0.367. The molecule has 2 heterocycles. The summed E-state index contributed by atoms with van der Waals surface area (Å²) < 4.78 is 2.04. The van der Waals surface area contributed by atoms with Gasteiger partial charge in [0.1, 0.15) is 5.69 Å². The third-order valence-electron chi connectivity index (χ3n) is 2.17. The molecule has 0 aromatic carbocycles. The standard InChI is InChI=1S/C9H13N3O/c1-6(2)12-5-11-8-7(12)3-4-10-9(8)13/h3-6,9-10,13H,1-2H3. The van der Waals surface area contributed by atoms with Crippen molar-refractivity contribution in [1.82, 2.24) is 14.9 Å². The Morgan fingerprint density at radius 3 is 3.08 bits per heavy atom. The van der Waals surface area contributed by atoms with Gasteiger partial charge in [0.15, 0.2) is 6.23 Å². The number of aliphatic hydroxyl groups is 1. The van der Waals surface area contributed by atoms with Gasteiger partial charge in [-0.2, -0.15) is 0 Å². The fourth-order valence-electron chi connectivity index (χ4n) is 1.48. The van der Waals surface area contributed by atoms with Gasteiger partial charge in [0.25, 0.3) is 0 Å². The molecule has 70 valence electrons. The summed E-state index contributed by atoms with van der Waals surface area (Å²) >= 11 is 0. The van der Waals surface area contributed by atoms with E-state index in [0.29, 0.717) is 11.7 Å². The van der Waals surface area contributed by atoms with E-state index in [9.17, 15) is 5.11 Å². The van der Waals surface area contributed by atoms with Crippen LogP contribution in [0.4, 0.5) is 0 Å². The van der Waals surface area contributed by atoms with Crippen molar-refractivity contribution in [2.24, 2.45) is 0 Å². The highest BCUT2D eigenvalue weighted by molar-refractivity contribution is 5.51. The Morgan fingerprint density at radius 1 is 1.62 bits per heavy atom. The molecule has 0 fully saturated rings. The molecule has 1 aliphatic heterocycles. The van der Waals surface area contributed by atoms with Crippen molar-refractivity contribution in [2.45, 2.75) is 26.1 Å². The Hall–Kier alpha value is -1.29. The molecule has 0 aliphatic carbocycles. The summed E-state index contributed by atoms with van der Waals surface area (Å²) in [5, 5.41) is 12.3. The number of aliphatic hydroxyl groups excluding tert-OH is 1. The number of nitrogens with one attached hydrogen (secondary N) is 1. The predicted molar refractivity (Wildman–Crippen MR) is 49.7 cm³/mol. The van der Waals surface area contributed by atoms with Crippen molar-refractivity contribution in [3.8, 4) is 0 Å². The molecule has 1 aliphatic rings. The van der Waals surface area contributed by atoms with Crippen LogP contribution in [-0.2, 0) is 0 Å². The van der Waals surface area contributed by atoms with Crippen LogP contribution in [0.2, 0.25) is 0 Å². The SMILES string of the molecule is CC(C)n1cnc2c1C=CNC2O. The van der Waals surface area contributed by atoms with Crippen LogP contribution in [0.1, 0.15) is 37.5 Å². The molecule has 0 bridgehead atoms. The van der Waals surface area contributed by atoms with Gasteiger partial charge in [-0.1, -0.05) is 0 Å². The van der Waals surface area contributed by atoms with Crippen molar-refractivity contribution in [3.63, 3.8) is 0 Å². The Labute approximate surface area is 76.9 Å². The normalized spacial score (nSPS) is 20.2. The maximum absolute atomic E-state index is 9.52. The lowest BCUT2D eigenvalue weighted by Crippen LogP contribution is -2.20. The minimum atomic E-state index is -0.667. The lowest BCUT2D eigenvalue weighted by molar-refractivity contribution is 0.150. The van der Waals surface area contributed by atoms with E-state index in [1.807, 2.05) is 10.6 Å². The molecule has 1 aromatic heterocycles. The minimum Gasteiger partial charge on any atom is -0.368 e. The van der Waals surface area contributed by atoms with E-state index in [1.54, 1.807) is 12.5 Å². The summed E-state index contributed by atoms with van der Waals surface area (Å²) in [4.78, 5) is 4.16. The number of fused-ring (bicyclic) bond motifs is 1. The Bertz CT molecular complexity index is 341. The highest BCUT2D eigenvalue weighted by Gasteiger charge is 2.19. The second-order valence-corrected chi connectivity index (χ2v) is 3.42. The number of hydrogen-bond donors (Lipinski definition) is 2. The second kappa shape index (κ2) is 2.88. The van der Waals surface area contributed by atoms with Gasteiger partial charge in [0.2, 0.25) is 0 Å². The highest BCUT2D eigenvalue weighted by Crippen LogP contribution is 2.22. The van der Waals surface area contributed by atoms with Crippen LogP contribution in [0.15, 0.2) is 12.5 Å². The molecular formula is C9H13N3O. The fraction of sp³-hybridized carbons (Fsp3) is 0.444. The molecule has 0 spiro atoms. The summed E-state index contributed by atoms with van der Waals surface area (Å²) in [5.74, 6) is 0. The van der Waals surface area contributed by atoms with Crippen LogP contribution in [0.5, 0.6) is 0 Å². The zero-order chi connectivity index (χ0) is 9.42. The average Bonchev–Trinajstić information content (AvgIpc) is 2.48. The van der Waals surface area contributed by atoms with Gasteiger partial charge in [-0.25, -0.2) is 4.98 Å². The first-order valence-corrected chi connectivity index (χ1v) is 4.37. The molecule has 0 saturated carbocycles. The van der Waals surface area contributed by atoms with Crippen LogP contribution < -0.4 is 5.32 Å². The molecule has 4 nitrogen and oxygen atoms in total. The van der Waals surface area contributed by atoms with Crippen molar-refractivity contribution >= 4 is 6.08 Å². The third kappa shape index (κ3) is 1.23. The first kappa shape index (κ1) is 8.31. The lowest BCUT2D eigenvalue weighted by Gasteiger charge is -2.16. The molecule has 0 radical (unpaired) electrons. The van der Waals surface area contributed by atoms with E-state index in [4.69, 9.17) is 0 Å². The Morgan fingerprint density at radius 2 is 2.38 bits per heavy atom. The van der Waals surface area contributed by atoms with Crippen LogP contribution in [-0.4, -0.2) is 14.7 Å². The molecular weight excluding hydrogens is 166 g/mol. The van der Waals surface area contributed by atoms with E-state index in [-0.39, 0.29) is 0 Å². The summed E-state index contributed by atoms with van der Waals surface area (Å²) in [6, 6.07) is 0.367. The highest BCUT2D eigenvalue weighted by atomic mass is 16.3. The summed E-state index contributed by atoms with van der Waals surface area (Å²) in [7, 11) is 0. The number of hydrogen-bond acceptors (Lipinski definition) is 3. The van der Waals surface area contributed by atoms with Gasteiger partial charge in [-0.3, -0.25) is 0 Å². The van der Waals surface area contributed by atoms with Crippen molar-refractivity contribution in [2.75, 3.05) is 0 Å². The number of nitrogens with zero attached hydrogens (tertiary/aromatic N) is 2. The Kier molecular flexibility index (Phi) is 1.84. The summed E-state index contributed by atoms with van der Waals surface area (Å²) in [6.45, 7) is 4.18. The number of imidazole rings is 1. The van der Waals surface area contributed by atoms with Gasteiger partial charge in [0.05, 0.1) is 12.0 Å². The van der Waals surface area contributed by atoms with Crippen molar-refractivity contribution in [1.29, 1.82) is 0 Å².